The molecule has 20 heavy (non-hydrogen) atoms. The number of fused-ring (bicyclic) bond motifs is 1. The van der Waals surface area contributed by atoms with Gasteiger partial charge in [0.05, 0.1) is 5.52 Å². The fourth-order valence-electron chi connectivity index (χ4n) is 3.46. The summed E-state index contributed by atoms with van der Waals surface area (Å²) in [6.07, 6.45) is 7.76. The number of likely N-dealkylation sites (tertiary alicyclic amines) is 1. The van der Waals surface area contributed by atoms with Crippen molar-refractivity contribution < 1.29 is 0 Å². The molecule has 1 saturated heterocycles. The maximum absolute atomic E-state index is 5.88. The van der Waals surface area contributed by atoms with Crippen LogP contribution in [0.25, 0.3) is 10.9 Å². The predicted octanol–water partition coefficient (Wildman–Crippen LogP) is 3.01. The zero-order valence-electron chi connectivity index (χ0n) is 12.4. The molecular formula is C17H25N3. The molecule has 0 bridgehead atoms. The maximum Gasteiger partial charge on any atom is 0.0526 e. The lowest BCUT2D eigenvalue weighted by molar-refractivity contribution is 0.278. The van der Waals surface area contributed by atoms with Crippen molar-refractivity contribution in [2.24, 2.45) is 12.8 Å². The first-order chi connectivity index (χ1) is 9.79. The molecule has 3 rings (SSSR count). The van der Waals surface area contributed by atoms with Crippen LogP contribution < -0.4 is 5.73 Å². The summed E-state index contributed by atoms with van der Waals surface area (Å²) >= 11 is 0. The van der Waals surface area contributed by atoms with Crippen LogP contribution in [0, 0.1) is 0 Å². The molecule has 1 aliphatic rings. The van der Waals surface area contributed by atoms with Crippen molar-refractivity contribution in [2.45, 2.75) is 38.8 Å². The molecule has 3 nitrogen and oxygen atoms in total. The van der Waals surface area contributed by atoms with Crippen LogP contribution in [0.15, 0.2) is 24.4 Å². The highest BCUT2D eigenvalue weighted by atomic mass is 15.1. The Morgan fingerprint density at radius 2 is 1.80 bits per heavy atom. The van der Waals surface area contributed by atoms with Gasteiger partial charge in [0.25, 0.3) is 0 Å². The molecule has 0 spiro atoms. The van der Waals surface area contributed by atoms with Crippen LogP contribution in [0.2, 0.25) is 0 Å². The number of para-hydroxylation sites is 1. The standard InChI is InChI=1S/C17H25N3/c1-19-12-15(13-20-9-4-2-3-5-10-20)16-8-6-7-14(11-18)17(16)19/h6-8,12H,2-5,9-11,13,18H2,1H3. The van der Waals surface area contributed by atoms with Gasteiger partial charge >= 0.3 is 0 Å². The van der Waals surface area contributed by atoms with E-state index >= 15 is 0 Å². The minimum atomic E-state index is 0.609. The van der Waals surface area contributed by atoms with Gasteiger partial charge < -0.3 is 10.3 Å². The van der Waals surface area contributed by atoms with E-state index < -0.39 is 0 Å². The summed E-state index contributed by atoms with van der Waals surface area (Å²) in [6.45, 7) is 4.17. The minimum Gasteiger partial charge on any atom is -0.350 e. The van der Waals surface area contributed by atoms with Gasteiger partial charge in [-0.05, 0) is 37.1 Å². The third-order valence-electron chi connectivity index (χ3n) is 4.48. The summed E-state index contributed by atoms with van der Waals surface area (Å²) in [5, 5.41) is 1.37. The molecule has 0 aliphatic carbocycles. The molecule has 1 aliphatic heterocycles. The number of aromatic nitrogens is 1. The van der Waals surface area contributed by atoms with Crippen LogP contribution in [-0.4, -0.2) is 22.6 Å². The smallest absolute Gasteiger partial charge is 0.0526 e. The van der Waals surface area contributed by atoms with Gasteiger partial charge in [-0.1, -0.05) is 31.0 Å². The Morgan fingerprint density at radius 3 is 2.50 bits per heavy atom. The van der Waals surface area contributed by atoms with E-state index in [0.29, 0.717) is 6.54 Å². The number of nitrogens with two attached hydrogens (primary N) is 1. The third kappa shape index (κ3) is 2.60. The fourth-order valence-corrected chi connectivity index (χ4v) is 3.46. The van der Waals surface area contributed by atoms with Crippen LogP contribution in [0.3, 0.4) is 0 Å². The Kier molecular flexibility index (Phi) is 4.08. The Hall–Kier alpha value is -1.32. The molecule has 0 saturated carbocycles. The summed E-state index contributed by atoms with van der Waals surface area (Å²) in [6, 6.07) is 6.51. The van der Waals surface area contributed by atoms with Crippen LogP contribution in [-0.2, 0) is 20.1 Å². The molecule has 3 heteroatoms. The Bertz CT molecular complexity index is 577. The normalized spacial score (nSPS) is 17.5. The van der Waals surface area contributed by atoms with E-state index in [1.807, 2.05) is 0 Å². The molecule has 108 valence electrons. The summed E-state index contributed by atoms with van der Waals surface area (Å²) < 4.78 is 2.24. The van der Waals surface area contributed by atoms with E-state index in [2.05, 4.69) is 40.9 Å². The minimum absolute atomic E-state index is 0.609. The molecule has 0 atom stereocenters. The number of aryl methyl sites for hydroxylation is 1. The summed E-state index contributed by atoms with van der Waals surface area (Å²) in [5.41, 5.74) is 9.87. The highest BCUT2D eigenvalue weighted by molar-refractivity contribution is 5.86. The Labute approximate surface area is 121 Å². The zero-order chi connectivity index (χ0) is 13.9. The molecule has 0 radical (unpaired) electrons. The van der Waals surface area contributed by atoms with Gasteiger partial charge in [0, 0.05) is 31.7 Å². The van der Waals surface area contributed by atoms with Crippen LogP contribution >= 0.6 is 0 Å². The summed E-state index contributed by atoms with van der Waals surface area (Å²) in [7, 11) is 2.13. The van der Waals surface area contributed by atoms with Gasteiger partial charge in [-0.25, -0.2) is 0 Å². The molecule has 0 amide bonds. The van der Waals surface area contributed by atoms with E-state index in [-0.39, 0.29) is 0 Å². The van der Waals surface area contributed by atoms with E-state index in [1.54, 1.807) is 0 Å². The molecular weight excluding hydrogens is 246 g/mol. The first kappa shape index (κ1) is 13.7. The first-order valence-corrected chi connectivity index (χ1v) is 7.78. The molecule has 1 aromatic heterocycles. The fraction of sp³-hybridized carbons (Fsp3) is 0.529. The molecule has 2 N–H and O–H groups in total. The van der Waals surface area contributed by atoms with Crippen molar-refractivity contribution in [1.29, 1.82) is 0 Å². The van der Waals surface area contributed by atoms with E-state index in [9.17, 15) is 0 Å². The second-order valence-electron chi connectivity index (χ2n) is 5.97. The van der Waals surface area contributed by atoms with E-state index in [1.165, 1.54) is 60.8 Å². The average molecular weight is 271 g/mol. The molecule has 1 aromatic carbocycles. The van der Waals surface area contributed by atoms with E-state index in [4.69, 9.17) is 5.73 Å². The van der Waals surface area contributed by atoms with Crippen molar-refractivity contribution in [3.05, 3.63) is 35.5 Å². The quantitative estimate of drug-likeness (QED) is 0.931. The number of benzene rings is 1. The second kappa shape index (κ2) is 5.98. The highest BCUT2D eigenvalue weighted by Gasteiger charge is 2.14. The van der Waals surface area contributed by atoms with Gasteiger partial charge in [-0.2, -0.15) is 0 Å². The molecule has 1 fully saturated rings. The Balaban J connectivity index is 1.91. The van der Waals surface area contributed by atoms with Crippen LogP contribution in [0.1, 0.15) is 36.8 Å². The van der Waals surface area contributed by atoms with Crippen molar-refractivity contribution in [3.8, 4) is 0 Å². The number of hydrogen-bond donors (Lipinski definition) is 1. The van der Waals surface area contributed by atoms with Gasteiger partial charge in [0.15, 0.2) is 0 Å². The zero-order valence-corrected chi connectivity index (χ0v) is 12.4. The third-order valence-corrected chi connectivity index (χ3v) is 4.48. The second-order valence-corrected chi connectivity index (χ2v) is 5.97. The number of nitrogens with zero attached hydrogens (tertiary/aromatic N) is 2. The van der Waals surface area contributed by atoms with Crippen molar-refractivity contribution >= 4 is 10.9 Å². The van der Waals surface area contributed by atoms with Crippen LogP contribution in [0.5, 0.6) is 0 Å². The average Bonchev–Trinajstić information content (AvgIpc) is 2.66. The lowest BCUT2D eigenvalue weighted by atomic mass is 10.1. The van der Waals surface area contributed by atoms with Crippen molar-refractivity contribution in [3.63, 3.8) is 0 Å². The molecule has 2 heterocycles. The number of rotatable bonds is 3. The van der Waals surface area contributed by atoms with Crippen LogP contribution in [0.4, 0.5) is 0 Å². The highest BCUT2D eigenvalue weighted by Crippen LogP contribution is 2.25. The molecule has 0 unspecified atom stereocenters. The van der Waals surface area contributed by atoms with Gasteiger partial charge in [-0.3, -0.25) is 4.90 Å². The van der Waals surface area contributed by atoms with Gasteiger partial charge in [-0.15, -0.1) is 0 Å². The first-order valence-electron chi connectivity index (χ1n) is 7.78. The Morgan fingerprint density at radius 1 is 1.05 bits per heavy atom. The summed E-state index contributed by atoms with van der Waals surface area (Å²) in [4.78, 5) is 2.61. The SMILES string of the molecule is Cn1cc(CN2CCCCCC2)c2cccc(CN)c21. The number of hydrogen-bond acceptors (Lipinski definition) is 2. The summed E-state index contributed by atoms with van der Waals surface area (Å²) in [5.74, 6) is 0. The maximum atomic E-state index is 5.88. The lowest BCUT2D eigenvalue weighted by Crippen LogP contribution is -2.23. The van der Waals surface area contributed by atoms with Crippen molar-refractivity contribution in [2.75, 3.05) is 13.1 Å². The van der Waals surface area contributed by atoms with Gasteiger partial charge in [0.2, 0.25) is 0 Å². The van der Waals surface area contributed by atoms with E-state index in [0.717, 1.165) is 6.54 Å². The largest absolute Gasteiger partial charge is 0.350 e. The topological polar surface area (TPSA) is 34.2 Å². The monoisotopic (exact) mass is 271 g/mol. The lowest BCUT2D eigenvalue weighted by Gasteiger charge is -2.19. The van der Waals surface area contributed by atoms with Gasteiger partial charge in [0.1, 0.15) is 0 Å². The predicted molar refractivity (Wildman–Crippen MR) is 84.6 cm³/mol. The molecule has 2 aromatic rings. The van der Waals surface area contributed by atoms with Crippen molar-refractivity contribution in [1.82, 2.24) is 9.47 Å².